The number of hydrogen-bond donors (Lipinski definition) is 3. The first kappa shape index (κ1) is 13.4. The number of carbonyl (C=O) groups excluding carboxylic acids is 1. The minimum Gasteiger partial charge on any atom is -0.398 e. The monoisotopic (exact) mass is 240 g/mol. The van der Waals surface area contributed by atoms with Crippen LogP contribution in [0.5, 0.6) is 0 Å². The molecule has 1 atom stereocenters. The summed E-state index contributed by atoms with van der Waals surface area (Å²) in [5.74, 6) is -0.962. The van der Waals surface area contributed by atoms with Crippen molar-refractivity contribution in [3.63, 3.8) is 0 Å². The second-order valence-corrected chi connectivity index (χ2v) is 4.25. The van der Waals surface area contributed by atoms with E-state index in [0.717, 1.165) is 6.07 Å². The van der Waals surface area contributed by atoms with Crippen LogP contribution >= 0.6 is 0 Å². The van der Waals surface area contributed by atoms with Gasteiger partial charge in [-0.1, -0.05) is 13.8 Å². The van der Waals surface area contributed by atoms with E-state index in [1.807, 2.05) is 13.8 Å². The minimum atomic E-state index is -0.631. The van der Waals surface area contributed by atoms with Crippen LogP contribution in [0.1, 0.15) is 24.2 Å². The van der Waals surface area contributed by atoms with Gasteiger partial charge in [0.05, 0.1) is 11.7 Å². The van der Waals surface area contributed by atoms with Crippen LogP contribution in [0.15, 0.2) is 18.2 Å². The third kappa shape index (κ3) is 3.71. The van der Waals surface area contributed by atoms with Gasteiger partial charge in [-0.25, -0.2) is 4.39 Å². The number of aliphatic hydroxyl groups is 1. The first-order valence-corrected chi connectivity index (χ1v) is 5.43. The van der Waals surface area contributed by atoms with Crippen molar-refractivity contribution in [2.24, 2.45) is 5.92 Å². The Morgan fingerprint density at radius 1 is 1.53 bits per heavy atom. The van der Waals surface area contributed by atoms with Crippen molar-refractivity contribution in [2.45, 2.75) is 20.0 Å². The molecule has 1 aromatic carbocycles. The van der Waals surface area contributed by atoms with Gasteiger partial charge in [-0.2, -0.15) is 0 Å². The molecule has 94 valence electrons. The highest BCUT2D eigenvalue weighted by atomic mass is 19.1. The van der Waals surface area contributed by atoms with Gasteiger partial charge >= 0.3 is 0 Å². The normalized spacial score (nSPS) is 12.5. The zero-order valence-electron chi connectivity index (χ0n) is 9.90. The van der Waals surface area contributed by atoms with Crippen molar-refractivity contribution >= 4 is 11.6 Å². The average Bonchev–Trinajstić information content (AvgIpc) is 2.28. The quantitative estimate of drug-likeness (QED) is 0.691. The van der Waals surface area contributed by atoms with Crippen LogP contribution < -0.4 is 11.1 Å². The number of hydrogen-bond acceptors (Lipinski definition) is 3. The minimum absolute atomic E-state index is 0.0418. The van der Waals surface area contributed by atoms with Gasteiger partial charge < -0.3 is 16.2 Å². The first-order valence-electron chi connectivity index (χ1n) is 5.43. The molecule has 0 aliphatic carbocycles. The summed E-state index contributed by atoms with van der Waals surface area (Å²) in [6.45, 7) is 3.80. The molecule has 1 rings (SSSR count). The number of nitrogens with two attached hydrogens (primary N) is 1. The molecule has 1 unspecified atom stereocenters. The molecular formula is C12H17FN2O2. The van der Waals surface area contributed by atoms with Crippen molar-refractivity contribution in [3.05, 3.63) is 29.6 Å². The highest BCUT2D eigenvalue weighted by Gasteiger charge is 2.14. The summed E-state index contributed by atoms with van der Waals surface area (Å²) < 4.78 is 12.9. The number of anilines is 1. The smallest absolute Gasteiger partial charge is 0.253 e. The molecule has 17 heavy (non-hydrogen) atoms. The Hall–Kier alpha value is -1.62. The maximum Gasteiger partial charge on any atom is 0.253 e. The molecule has 4 N–H and O–H groups in total. The molecule has 0 saturated heterocycles. The van der Waals surface area contributed by atoms with E-state index >= 15 is 0 Å². The fourth-order valence-electron chi connectivity index (χ4n) is 1.25. The Balaban J connectivity index is 2.67. The summed E-state index contributed by atoms with van der Waals surface area (Å²) in [5.41, 5.74) is 5.86. The molecule has 0 aliphatic heterocycles. The second-order valence-electron chi connectivity index (χ2n) is 4.25. The Kier molecular flexibility index (Phi) is 4.45. The van der Waals surface area contributed by atoms with Crippen LogP contribution in [0.2, 0.25) is 0 Å². The van der Waals surface area contributed by atoms with Crippen molar-refractivity contribution in [3.8, 4) is 0 Å². The van der Waals surface area contributed by atoms with Crippen LogP contribution in [-0.2, 0) is 0 Å². The predicted octanol–water partition coefficient (Wildman–Crippen LogP) is 1.15. The van der Waals surface area contributed by atoms with Gasteiger partial charge in [0.15, 0.2) is 0 Å². The zero-order chi connectivity index (χ0) is 13.0. The van der Waals surface area contributed by atoms with Crippen LogP contribution in [0.4, 0.5) is 10.1 Å². The molecular weight excluding hydrogens is 223 g/mol. The lowest BCUT2D eigenvalue weighted by molar-refractivity contribution is 0.0872. The molecule has 0 aromatic heterocycles. The summed E-state index contributed by atoms with van der Waals surface area (Å²) in [5, 5.41) is 12.0. The Labute approximate surface area is 99.6 Å². The molecule has 0 aliphatic rings. The van der Waals surface area contributed by atoms with E-state index < -0.39 is 17.8 Å². The molecule has 0 fully saturated rings. The lowest BCUT2D eigenvalue weighted by Gasteiger charge is -2.15. The van der Waals surface area contributed by atoms with Gasteiger partial charge in [-0.15, -0.1) is 0 Å². The van der Waals surface area contributed by atoms with Crippen LogP contribution in [0.25, 0.3) is 0 Å². The van der Waals surface area contributed by atoms with Gasteiger partial charge in [0.2, 0.25) is 0 Å². The summed E-state index contributed by atoms with van der Waals surface area (Å²) in [4.78, 5) is 11.7. The molecule has 5 heteroatoms. The van der Waals surface area contributed by atoms with Gasteiger partial charge in [0.1, 0.15) is 5.82 Å². The second kappa shape index (κ2) is 5.63. The molecule has 0 bridgehead atoms. The van der Waals surface area contributed by atoms with Crippen molar-refractivity contribution in [1.82, 2.24) is 5.32 Å². The molecule has 0 spiro atoms. The molecule has 0 radical (unpaired) electrons. The van der Waals surface area contributed by atoms with Crippen LogP contribution in [-0.4, -0.2) is 23.7 Å². The van der Waals surface area contributed by atoms with Crippen molar-refractivity contribution in [1.29, 1.82) is 0 Å². The predicted molar refractivity (Wildman–Crippen MR) is 64.0 cm³/mol. The van der Waals surface area contributed by atoms with E-state index in [-0.39, 0.29) is 23.7 Å². The van der Waals surface area contributed by atoms with E-state index in [9.17, 15) is 14.3 Å². The zero-order valence-corrected chi connectivity index (χ0v) is 9.90. The van der Waals surface area contributed by atoms with Crippen LogP contribution in [0.3, 0.4) is 0 Å². The average molecular weight is 240 g/mol. The standard InChI is InChI=1S/C12H17FN2O2/c1-7(2)11(16)6-15-12(17)9-5-8(13)3-4-10(9)14/h3-5,7,11,16H,6,14H2,1-2H3,(H,15,17). The molecule has 0 heterocycles. The largest absolute Gasteiger partial charge is 0.398 e. The molecule has 1 amide bonds. The van der Waals surface area contributed by atoms with E-state index in [0.29, 0.717) is 0 Å². The summed E-state index contributed by atoms with van der Waals surface area (Å²) in [7, 11) is 0. The highest BCUT2D eigenvalue weighted by molar-refractivity contribution is 5.99. The number of halogens is 1. The number of rotatable bonds is 4. The van der Waals surface area contributed by atoms with E-state index in [2.05, 4.69) is 5.32 Å². The fraction of sp³-hybridized carbons (Fsp3) is 0.417. The summed E-state index contributed by atoms with van der Waals surface area (Å²) >= 11 is 0. The lowest BCUT2D eigenvalue weighted by atomic mass is 10.1. The summed E-state index contributed by atoms with van der Waals surface area (Å²) in [6, 6.07) is 3.60. The number of nitrogens with one attached hydrogen (secondary N) is 1. The Morgan fingerprint density at radius 3 is 2.76 bits per heavy atom. The van der Waals surface area contributed by atoms with Crippen LogP contribution in [0, 0.1) is 11.7 Å². The molecule has 0 saturated carbocycles. The highest BCUT2D eigenvalue weighted by Crippen LogP contribution is 2.13. The van der Waals surface area contributed by atoms with E-state index in [1.165, 1.54) is 12.1 Å². The maximum absolute atomic E-state index is 12.9. The third-order valence-corrected chi connectivity index (χ3v) is 2.50. The third-order valence-electron chi connectivity index (χ3n) is 2.50. The van der Waals surface area contributed by atoms with E-state index in [1.54, 1.807) is 0 Å². The van der Waals surface area contributed by atoms with Gasteiger partial charge in [0, 0.05) is 12.2 Å². The van der Waals surface area contributed by atoms with E-state index in [4.69, 9.17) is 5.73 Å². The topological polar surface area (TPSA) is 75.3 Å². The number of nitrogen functional groups attached to an aromatic ring is 1. The summed E-state index contributed by atoms with van der Waals surface area (Å²) in [6.07, 6.45) is -0.631. The maximum atomic E-state index is 12.9. The molecule has 1 aromatic rings. The molecule has 4 nitrogen and oxygen atoms in total. The van der Waals surface area contributed by atoms with Gasteiger partial charge in [-0.3, -0.25) is 4.79 Å². The number of aliphatic hydroxyl groups excluding tert-OH is 1. The van der Waals surface area contributed by atoms with Crippen molar-refractivity contribution in [2.75, 3.05) is 12.3 Å². The number of amides is 1. The first-order chi connectivity index (χ1) is 7.91. The number of carbonyl (C=O) groups is 1. The van der Waals surface area contributed by atoms with Gasteiger partial charge in [0.25, 0.3) is 5.91 Å². The Bertz CT molecular complexity index is 407. The Morgan fingerprint density at radius 2 is 2.18 bits per heavy atom. The lowest BCUT2D eigenvalue weighted by Crippen LogP contribution is -2.35. The number of benzene rings is 1. The fourth-order valence-corrected chi connectivity index (χ4v) is 1.25. The van der Waals surface area contributed by atoms with Gasteiger partial charge in [-0.05, 0) is 24.1 Å². The SMILES string of the molecule is CC(C)C(O)CNC(=O)c1cc(F)ccc1N. The van der Waals surface area contributed by atoms with Crippen molar-refractivity contribution < 1.29 is 14.3 Å².